The molecular formula is C22H21O2S2+. The second kappa shape index (κ2) is 7.03. The van der Waals surface area contributed by atoms with Crippen LogP contribution in [0.1, 0.15) is 16.7 Å². The number of hydrogen-bond donors (Lipinski definition) is 2. The molecule has 1 aliphatic heterocycles. The Kier molecular flexibility index (Phi) is 4.74. The Hall–Kier alpha value is -1.88. The van der Waals surface area contributed by atoms with E-state index in [0.29, 0.717) is 12.2 Å². The minimum Gasteiger partial charge on any atom is -0.507 e. The van der Waals surface area contributed by atoms with Crippen LogP contribution in [0.5, 0.6) is 5.75 Å². The fourth-order valence-corrected chi connectivity index (χ4v) is 7.28. The smallest absolute Gasteiger partial charge is 0.180 e. The van der Waals surface area contributed by atoms with Crippen LogP contribution in [0.3, 0.4) is 0 Å². The van der Waals surface area contributed by atoms with Crippen molar-refractivity contribution in [2.45, 2.75) is 44.7 Å². The van der Waals surface area contributed by atoms with Crippen molar-refractivity contribution < 1.29 is 10.2 Å². The Morgan fingerprint density at radius 1 is 0.885 bits per heavy atom. The number of phenolic OH excluding ortho intramolecular Hbond substituents is 1. The van der Waals surface area contributed by atoms with Gasteiger partial charge in [0.2, 0.25) is 0 Å². The number of rotatable bonds is 3. The third kappa shape index (κ3) is 3.02. The lowest BCUT2D eigenvalue weighted by Crippen LogP contribution is -2.12. The Bertz CT molecular complexity index is 959. The molecule has 0 saturated carbocycles. The number of hydrogen-bond acceptors (Lipinski definition) is 3. The Morgan fingerprint density at radius 3 is 2.31 bits per heavy atom. The second-order valence-electron chi connectivity index (χ2n) is 6.52. The van der Waals surface area contributed by atoms with Gasteiger partial charge >= 0.3 is 0 Å². The van der Waals surface area contributed by atoms with E-state index in [-0.39, 0.29) is 17.5 Å². The quantitative estimate of drug-likeness (QED) is 0.485. The highest BCUT2D eigenvalue weighted by Gasteiger charge is 2.38. The van der Waals surface area contributed by atoms with Gasteiger partial charge < -0.3 is 10.2 Å². The van der Waals surface area contributed by atoms with Crippen molar-refractivity contribution in [3.8, 4) is 5.75 Å². The first kappa shape index (κ1) is 17.5. The van der Waals surface area contributed by atoms with Gasteiger partial charge in [-0.05, 0) is 61.2 Å². The van der Waals surface area contributed by atoms with E-state index in [1.54, 1.807) is 0 Å². The van der Waals surface area contributed by atoms with Gasteiger partial charge in [0.25, 0.3) is 0 Å². The molecule has 26 heavy (non-hydrogen) atoms. The maximum Gasteiger partial charge on any atom is 0.180 e. The maximum absolute atomic E-state index is 10.2. The number of aliphatic hydroxyl groups excluding tert-OH is 1. The van der Waals surface area contributed by atoms with Crippen molar-refractivity contribution in [1.29, 1.82) is 0 Å². The summed E-state index contributed by atoms with van der Waals surface area (Å²) in [5.41, 5.74) is 3.00. The Balaban J connectivity index is 1.92. The predicted octanol–water partition coefficient (Wildman–Crippen LogP) is 5.10. The minimum absolute atomic E-state index is 0.169. The first-order valence-corrected chi connectivity index (χ1v) is 10.7. The fraction of sp³-hybridized carbons (Fsp3) is 0.182. The van der Waals surface area contributed by atoms with Crippen LogP contribution in [0.2, 0.25) is 0 Å². The van der Waals surface area contributed by atoms with Crippen LogP contribution < -0.4 is 0 Å². The molecule has 0 spiro atoms. The lowest BCUT2D eigenvalue weighted by Gasteiger charge is -2.20. The summed E-state index contributed by atoms with van der Waals surface area (Å²) in [6, 6.07) is 19.4. The molecule has 0 fully saturated rings. The van der Waals surface area contributed by atoms with Gasteiger partial charge in [-0.2, -0.15) is 0 Å². The third-order valence-electron chi connectivity index (χ3n) is 4.62. The molecule has 0 amide bonds. The van der Waals surface area contributed by atoms with Gasteiger partial charge in [0, 0.05) is 18.7 Å². The fourth-order valence-electron chi connectivity index (χ4n) is 3.31. The van der Waals surface area contributed by atoms with E-state index in [2.05, 4.69) is 54.6 Å². The number of benzene rings is 3. The summed E-state index contributed by atoms with van der Waals surface area (Å²) >= 11 is 1.81. The summed E-state index contributed by atoms with van der Waals surface area (Å²) in [5, 5.41) is 19.5. The zero-order valence-corrected chi connectivity index (χ0v) is 16.5. The molecule has 0 bridgehead atoms. The van der Waals surface area contributed by atoms with Crippen molar-refractivity contribution in [2.75, 3.05) is 6.61 Å². The van der Waals surface area contributed by atoms with E-state index in [1.165, 1.54) is 30.0 Å². The van der Waals surface area contributed by atoms with E-state index in [4.69, 9.17) is 0 Å². The highest BCUT2D eigenvalue weighted by atomic mass is 32.2. The molecule has 2 nitrogen and oxygen atoms in total. The highest BCUT2D eigenvalue weighted by Crippen LogP contribution is 2.49. The van der Waals surface area contributed by atoms with E-state index >= 15 is 0 Å². The van der Waals surface area contributed by atoms with Gasteiger partial charge in [-0.3, -0.25) is 0 Å². The summed E-state index contributed by atoms with van der Waals surface area (Å²) in [6.07, 6.45) is 0.681. The molecule has 0 radical (unpaired) electrons. The zero-order valence-electron chi connectivity index (χ0n) is 14.8. The zero-order chi connectivity index (χ0) is 18.3. The molecule has 0 saturated heterocycles. The molecule has 1 atom stereocenters. The minimum atomic E-state index is -0.193. The maximum atomic E-state index is 10.2. The van der Waals surface area contributed by atoms with Gasteiger partial charge in [-0.1, -0.05) is 30.0 Å². The molecule has 3 aromatic rings. The van der Waals surface area contributed by atoms with Crippen molar-refractivity contribution in [1.82, 2.24) is 0 Å². The molecule has 132 valence electrons. The van der Waals surface area contributed by atoms with Gasteiger partial charge in [-0.25, -0.2) is 0 Å². The van der Waals surface area contributed by atoms with Crippen LogP contribution in [-0.2, 0) is 17.3 Å². The van der Waals surface area contributed by atoms with Gasteiger partial charge in [0.1, 0.15) is 16.6 Å². The molecule has 4 rings (SSSR count). The molecule has 3 aromatic carbocycles. The molecular weight excluding hydrogens is 360 g/mol. The molecule has 0 aromatic heterocycles. The first-order chi connectivity index (χ1) is 12.6. The van der Waals surface area contributed by atoms with Crippen LogP contribution in [0.4, 0.5) is 0 Å². The van der Waals surface area contributed by atoms with Crippen LogP contribution in [0, 0.1) is 13.8 Å². The van der Waals surface area contributed by atoms with Crippen molar-refractivity contribution >= 4 is 22.7 Å². The van der Waals surface area contributed by atoms with Crippen LogP contribution in [0.25, 0.3) is 0 Å². The normalized spacial score (nSPS) is 15.4. The summed E-state index contributed by atoms with van der Waals surface area (Å²) in [7, 11) is -0.193. The standard InChI is InChI=1S/C22H20O2S2/c1-14-11-17(12-15(2)22(14)24)26-20-6-4-3-5-18(20)25-19-13-16(9-10-23)7-8-21(19)26/h3-8,11-13,23H,9-10H2,1-2H3/p+1. The van der Waals surface area contributed by atoms with Gasteiger partial charge in [0.15, 0.2) is 14.7 Å². The topological polar surface area (TPSA) is 40.5 Å². The van der Waals surface area contributed by atoms with Crippen LogP contribution >= 0.6 is 11.8 Å². The summed E-state index contributed by atoms with van der Waals surface area (Å²) in [5.74, 6) is 0.385. The lowest BCUT2D eigenvalue weighted by atomic mass is 10.1. The third-order valence-corrected chi connectivity index (χ3v) is 8.31. The first-order valence-electron chi connectivity index (χ1n) is 8.63. The number of fused-ring (bicyclic) bond motifs is 2. The number of aromatic hydroxyl groups is 1. The van der Waals surface area contributed by atoms with Gasteiger partial charge in [-0.15, -0.1) is 0 Å². The van der Waals surface area contributed by atoms with E-state index in [0.717, 1.165) is 11.1 Å². The molecule has 0 aliphatic carbocycles. The lowest BCUT2D eigenvalue weighted by molar-refractivity contribution is 0.299. The average molecular weight is 382 g/mol. The average Bonchev–Trinajstić information content (AvgIpc) is 2.64. The van der Waals surface area contributed by atoms with Crippen molar-refractivity contribution in [3.05, 3.63) is 71.3 Å². The summed E-state index contributed by atoms with van der Waals surface area (Å²) < 4.78 is 0. The molecule has 4 heteroatoms. The summed E-state index contributed by atoms with van der Waals surface area (Å²) in [6.45, 7) is 4.10. The predicted molar refractivity (Wildman–Crippen MR) is 108 cm³/mol. The number of aliphatic hydroxyl groups is 1. The van der Waals surface area contributed by atoms with Gasteiger partial charge in [0.05, 0.1) is 9.79 Å². The number of aryl methyl sites for hydroxylation is 2. The monoisotopic (exact) mass is 381 g/mol. The van der Waals surface area contributed by atoms with Crippen molar-refractivity contribution in [2.24, 2.45) is 0 Å². The van der Waals surface area contributed by atoms with E-state index < -0.39 is 0 Å². The largest absolute Gasteiger partial charge is 0.507 e. The molecule has 2 N–H and O–H groups in total. The van der Waals surface area contributed by atoms with Crippen molar-refractivity contribution in [3.63, 3.8) is 0 Å². The van der Waals surface area contributed by atoms with Crippen LogP contribution in [-0.4, -0.2) is 16.8 Å². The number of phenols is 1. The Morgan fingerprint density at radius 2 is 1.58 bits per heavy atom. The van der Waals surface area contributed by atoms with E-state index in [9.17, 15) is 10.2 Å². The van der Waals surface area contributed by atoms with Crippen LogP contribution in [0.15, 0.2) is 79.1 Å². The SMILES string of the molecule is Cc1cc([S+]2c3ccccc3Sc3cc(CCO)ccc32)cc(C)c1O. The molecule has 1 heterocycles. The second-order valence-corrected chi connectivity index (χ2v) is 9.56. The molecule has 1 aliphatic rings. The Labute approximate surface area is 161 Å². The van der Waals surface area contributed by atoms with E-state index in [1.807, 2.05) is 25.6 Å². The summed E-state index contributed by atoms with van der Waals surface area (Å²) in [4.78, 5) is 6.44. The molecule has 1 unspecified atom stereocenters. The highest BCUT2D eigenvalue weighted by molar-refractivity contribution is 8.04.